The topological polar surface area (TPSA) is 64.8 Å². The van der Waals surface area contributed by atoms with E-state index < -0.39 is 5.60 Å². The summed E-state index contributed by atoms with van der Waals surface area (Å²) in [6.07, 6.45) is 2.21. The van der Waals surface area contributed by atoms with Crippen LogP contribution in [-0.2, 0) is 12.1 Å². The lowest BCUT2D eigenvalue weighted by atomic mass is 9.79. The maximum Gasteiger partial charge on any atom is 0.272 e. The first kappa shape index (κ1) is 20.1. The third kappa shape index (κ3) is 3.82. The van der Waals surface area contributed by atoms with E-state index in [-0.39, 0.29) is 11.9 Å². The number of carbonyl (C=O) groups excluding carboxylic acids is 1. The summed E-state index contributed by atoms with van der Waals surface area (Å²) in [5.74, 6) is -0.00131. The molecule has 0 unspecified atom stereocenters. The van der Waals surface area contributed by atoms with Crippen LogP contribution in [0.25, 0.3) is 0 Å². The molecular formula is C22H31N5O2. The minimum atomic E-state index is -0.959. The number of piperidine rings is 1. The summed E-state index contributed by atoms with van der Waals surface area (Å²) < 4.78 is 1.74. The first-order chi connectivity index (χ1) is 14.0. The Kier molecular flexibility index (Phi) is 5.72. The number of amides is 1. The number of nitrogens with zero attached hydrogens (tertiary/aromatic N) is 5. The zero-order chi connectivity index (χ0) is 20.4. The Bertz CT molecular complexity index is 831. The number of aliphatic hydroxyl groups is 1. The number of hydrogen-bond donors (Lipinski definition) is 1. The maximum absolute atomic E-state index is 13.2. The van der Waals surface area contributed by atoms with Crippen LogP contribution in [0, 0.1) is 0 Å². The molecule has 4 rings (SSSR count). The van der Waals surface area contributed by atoms with Gasteiger partial charge in [-0.15, -0.1) is 0 Å². The second kappa shape index (κ2) is 8.26. The van der Waals surface area contributed by atoms with Gasteiger partial charge in [0.25, 0.3) is 5.91 Å². The van der Waals surface area contributed by atoms with Crippen molar-refractivity contribution in [3.05, 3.63) is 53.9 Å². The number of hydrogen-bond acceptors (Lipinski definition) is 5. The van der Waals surface area contributed by atoms with Crippen molar-refractivity contribution in [1.29, 1.82) is 0 Å². The molecule has 2 saturated heterocycles. The number of aromatic nitrogens is 2. The predicted molar refractivity (Wildman–Crippen MR) is 112 cm³/mol. The summed E-state index contributed by atoms with van der Waals surface area (Å²) in [4.78, 5) is 19.8. The largest absolute Gasteiger partial charge is 0.383 e. The highest BCUT2D eigenvalue weighted by Crippen LogP contribution is 2.36. The summed E-state index contributed by atoms with van der Waals surface area (Å²) in [5.41, 5.74) is 0.600. The van der Waals surface area contributed by atoms with Crippen LogP contribution < -0.4 is 0 Å². The van der Waals surface area contributed by atoms with Crippen LogP contribution in [0.15, 0.2) is 42.6 Å². The number of piperazine rings is 1. The van der Waals surface area contributed by atoms with Gasteiger partial charge in [-0.2, -0.15) is 5.10 Å². The number of rotatable bonds is 4. The van der Waals surface area contributed by atoms with E-state index in [0.29, 0.717) is 31.7 Å². The summed E-state index contributed by atoms with van der Waals surface area (Å²) in [5, 5.41) is 16.1. The lowest BCUT2D eigenvalue weighted by Crippen LogP contribution is -2.64. The molecule has 0 radical (unpaired) electrons. The zero-order valence-corrected chi connectivity index (χ0v) is 17.4. The van der Waals surface area contributed by atoms with Gasteiger partial charge in [-0.25, -0.2) is 0 Å². The SMILES string of the molecule is CCn1nccc1C(=O)N1CC[C@](O)(c2ccccc2)[C@H](N2CCN(C)CC2)C1. The molecule has 7 nitrogen and oxygen atoms in total. The standard InChI is InChI=1S/C22H31N5O2/c1-3-27-19(9-11-23-27)21(28)26-12-10-22(29,18-7-5-4-6-8-18)20(17-26)25-15-13-24(2)14-16-25/h4-9,11,20,29H,3,10,12-17H2,1-2H3/t20-,22+/m1/s1. The molecule has 156 valence electrons. The van der Waals surface area contributed by atoms with Gasteiger partial charge in [-0.05, 0) is 32.0 Å². The average Bonchev–Trinajstić information content (AvgIpc) is 3.24. The van der Waals surface area contributed by atoms with Gasteiger partial charge in [0.15, 0.2) is 0 Å². The van der Waals surface area contributed by atoms with E-state index in [1.807, 2.05) is 42.2 Å². The van der Waals surface area contributed by atoms with Crippen molar-refractivity contribution >= 4 is 5.91 Å². The first-order valence-electron chi connectivity index (χ1n) is 10.5. The van der Waals surface area contributed by atoms with Gasteiger partial charge < -0.3 is 14.9 Å². The van der Waals surface area contributed by atoms with Gasteiger partial charge in [0.1, 0.15) is 11.3 Å². The molecule has 2 aliphatic rings. The van der Waals surface area contributed by atoms with Crippen molar-refractivity contribution in [2.24, 2.45) is 0 Å². The molecule has 2 atom stereocenters. The Hall–Kier alpha value is -2.22. The molecule has 1 N–H and O–H groups in total. The fraction of sp³-hybridized carbons (Fsp3) is 0.545. The van der Waals surface area contributed by atoms with Gasteiger partial charge in [0, 0.05) is 52.0 Å². The summed E-state index contributed by atoms with van der Waals surface area (Å²) in [6, 6.07) is 11.6. The van der Waals surface area contributed by atoms with Gasteiger partial charge in [0.05, 0.1) is 6.04 Å². The first-order valence-corrected chi connectivity index (χ1v) is 10.5. The van der Waals surface area contributed by atoms with Crippen LogP contribution in [0.3, 0.4) is 0 Å². The van der Waals surface area contributed by atoms with Crippen molar-refractivity contribution < 1.29 is 9.90 Å². The van der Waals surface area contributed by atoms with E-state index >= 15 is 0 Å². The second-order valence-corrected chi connectivity index (χ2v) is 8.18. The predicted octanol–water partition coefficient (Wildman–Crippen LogP) is 1.25. The smallest absolute Gasteiger partial charge is 0.272 e. The molecule has 0 aliphatic carbocycles. The quantitative estimate of drug-likeness (QED) is 0.841. The lowest BCUT2D eigenvalue weighted by Gasteiger charge is -2.51. The lowest BCUT2D eigenvalue weighted by molar-refractivity contribution is -0.101. The monoisotopic (exact) mass is 397 g/mol. The Labute approximate surface area is 172 Å². The van der Waals surface area contributed by atoms with Crippen LogP contribution in [-0.4, -0.2) is 87.9 Å². The molecule has 3 heterocycles. The molecule has 1 aromatic heterocycles. The zero-order valence-electron chi connectivity index (χ0n) is 17.4. The molecule has 0 spiro atoms. The van der Waals surface area contributed by atoms with E-state index in [9.17, 15) is 9.90 Å². The van der Waals surface area contributed by atoms with Crippen molar-refractivity contribution in [1.82, 2.24) is 24.5 Å². The summed E-state index contributed by atoms with van der Waals surface area (Å²) >= 11 is 0. The van der Waals surface area contributed by atoms with Crippen LogP contribution >= 0.6 is 0 Å². The number of carbonyl (C=O) groups is 1. The molecule has 2 aromatic rings. The Morgan fingerprint density at radius 1 is 1.14 bits per heavy atom. The Morgan fingerprint density at radius 2 is 1.86 bits per heavy atom. The Morgan fingerprint density at radius 3 is 2.55 bits per heavy atom. The molecule has 7 heteroatoms. The number of aryl methyl sites for hydroxylation is 1. The highest BCUT2D eigenvalue weighted by Gasteiger charge is 2.47. The highest BCUT2D eigenvalue weighted by molar-refractivity contribution is 5.92. The van der Waals surface area contributed by atoms with Crippen LogP contribution in [0.1, 0.15) is 29.4 Å². The fourth-order valence-corrected chi connectivity index (χ4v) is 4.65. The number of likely N-dealkylation sites (tertiary alicyclic amines) is 1. The normalized spacial score (nSPS) is 26.6. The van der Waals surface area contributed by atoms with Crippen molar-refractivity contribution in [2.45, 2.75) is 31.5 Å². The fourth-order valence-electron chi connectivity index (χ4n) is 4.65. The molecular weight excluding hydrogens is 366 g/mol. The molecule has 29 heavy (non-hydrogen) atoms. The molecule has 0 bridgehead atoms. The van der Waals surface area contributed by atoms with Crippen molar-refractivity contribution in [3.8, 4) is 0 Å². The van der Waals surface area contributed by atoms with Gasteiger partial charge >= 0.3 is 0 Å². The molecule has 2 aliphatic heterocycles. The molecule has 1 amide bonds. The summed E-state index contributed by atoms with van der Waals surface area (Å²) in [6.45, 7) is 7.43. The number of benzene rings is 1. The van der Waals surface area contributed by atoms with Crippen molar-refractivity contribution in [2.75, 3.05) is 46.3 Å². The van der Waals surface area contributed by atoms with E-state index in [1.54, 1.807) is 16.9 Å². The van der Waals surface area contributed by atoms with Crippen molar-refractivity contribution in [3.63, 3.8) is 0 Å². The third-order valence-electron chi connectivity index (χ3n) is 6.48. The minimum Gasteiger partial charge on any atom is -0.383 e. The number of likely N-dealkylation sites (N-methyl/N-ethyl adjacent to an activating group) is 1. The molecule has 0 saturated carbocycles. The Balaban J connectivity index is 1.62. The molecule has 2 fully saturated rings. The second-order valence-electron chi connectivity index (χ2n) is 8.18. The van der Waals surface area contributed by atoms with Gasteiger partial charge in [-0.3, -0.25) is 14.4 Å². The van der Waals surface area contributed by atoms with E-state index in [0.717, 1.165) is 31.7 Å². The average molecular weight is 398 g/mol. The highest BCUT2D eigenvalue weighted by atomic mass is 16.3. The van der Waals surface area contributed by atoms with Crippen LogP contribution in [0.4, 0.5) is 0 Å². The van der Waals surface area contributed by atoms with E-state index in [2.05, 4.69) is 21.9 Å². The van der Waals surface area contributed by atoms with Gasteiger partial charge in [-0.1, -0.05) is 30.3 Å². The maximum atomic E-state index is 13.2. The van der Waals surface area contributed by atoms with Crippen LogP contribution in [0.5, 0.6) is 0 Å². The van der Waals surface area contributed by atoms with Crippen LogP contribution in [0.2, 0.25) is 0 Å². The van der Waals surface area contributed by atoms with Gasteiger partial charge in [0.2, 0.25) is 0 Å². The molecule has 1 aromatic carbocycles. The van der Waals surface area contributed by atoms with E-state index in [1.165, 1.54) is 0 Å². The summed E-state index contributed by atoms with van der Waals surface area (Å²) in [7, 11) is 2.13. The minimum absolute atomic E-state index is 0.00131. The van der Waals surface area contributed by atoms with E-state index in [4.69, 9.17) is 0 Å². The third-order valence-corrected chi connectivity index (χ3v) is 6.48.